The van der Waals surface area contributed by atoms with Crippen LogP contribution < -0.4 is 4.74 Å². The molecule has 0 atom stereocenters. The second-order valence-corrected chi connectivity index (χ2v) is 6.61. The molecule has 2 rings (SSSR count). The van der Waals surface area contributed by atoms with Crippen molar-refractivity contribution < 1.29 is 9.53 Å². The molecule has 0 radical (unpaired) electrons. The van der Waals surface area contributed by atoms with Crippen LogP contribution in [0.2, 0.25) is 0 Å². The highest BCUT2D eigenvalue weighted by atomic mass is 32.1. The summed E-state index contributed by atoms with van der Waals surface area (Å²) in [6, 6.07) is 9.99. The number of carbonyl (C=O) groups excluding carboxylic acids is 1. The van der Waals surface area contributed by atoms with Gasteiger partial charge in [-0.25, -0.2) is 0 Å². The molecule has 1 aromatic carbocycles. The number of aryl methyl sites for hydroxylation is 2. The first kappa shape index (κ1) is 14.8. The topological polar surface area (TPSA) is 26.3 Å². The maximum Gasteiger partial charge on any atom is 0.210 e. The van der Waals surface area contributed by atoms with Crippen molar-refractivity contribution in [1.29, 1.82) is 0 Å². The van der Waals surface area contributed by atoms with Crippen molar-refractivity contribution in [3.8, 4) is 5.75 Å². The summed E-state index contributed by atoms with van der Waals surface area (Å²) in [7, 11) is 0. The fourth-order valence-electron chi connectivity index (χ4n) is 2.04. The lowest BCUT2D eigenvalue weighted by atomic mass is 10.0. The van der Waals surface area contributed by atoms with Gasteiger partial charge < -0.3 is 4.74 Å². The average Bonchev–Trinajstić information content (AvgIpc) is 2.82. The van der Waals surface area contributed by atoms with Gasteiger partial charge in [-0.15, -0.1) is 11.3 Å². The van der Waals surface area contributed by atoms with Crippen molar-refractivity contribution >= 4 is 17.1 Å². The standard InChI is InChI=1S/C17H20O2S/c1-11(2)14-7-5-12(3)9-16(14)19-10-15(18)17-8-6-13(4)20-17/h5-9,11H,10H2,1-4H3. The quantitative estimate of drug-likeness (QED) is 0.742. The average molecular weight is 288 g/mol. The first-order valence-corrected chi connectivity index (χ1v) is 7.62. The van der Waals surface area contributed by atoms with Crippen molar-refractivity contribution in [1.82, 2.24) is 0 Å². The van der Waals surface area contributed by atoms with E-state index in [-0.39, 0.29) is 12.4 Å². The molecule has 1 aromatic heterocycles. The molecule has 0 bridgehead atoms. The van der Waals surface area contributed by atoms with Gasteiger partial charge in [0.1, 0.15) is 5.75 Å². The fourth-order valence-corrected chi connectivity index (χ4v) is 2.83. The molecule has 0 unspecified atom stereocenters. The minimum absolute atomic E-state index is 0.0410. The molecule has 106 valence electrons. The van der Waals surface area contributed by atoms with Crippen molar-refractivity contribution in [2.45, 2.75) is 33.6 Å². The SMILES string of the molecule is Cc1ccc(C(C)C)c(OCC(=O)c2ccc(C)s2)c1. The van der Waals surface area contributed by atoms with E-state index in [1.54, 1.807) is 0 Å². The van der Waals surface area contributed by atoms with Crippen LogP contribution in [0.1, 0.15) is 45.4 Å². The van der Waals surface area contributed by atoms with E-state index in [1.807, 2.05) is 32.0 Å². The molecule has 0 aliphatic heterocycles. The summed E-state index contributed by atoms with van der Waals surface area (Å²) in [6.45, 7) is 8.38. The van der Waals surface area contributed by atoms with Gasteiger partial charge in [0, 0.05) is 4.88 Å². The zero-order chi connectivity index (χ0) is 14.7. The Bertz CT molecular complexity index is 611. The third kappa shape index (κ3) is 3.48. The molecule has 0 fully saturated rings. The van der Waals surface area contributed by atoms with E-state index in [1.165, 1.54) is 11.3 Å². The van der Waals surface area contributed by atoms with E-state index < -0.39 is 0 Å². The number of ether oxygens (including phenoxy) is 1. The van der Waals surface area contributed by atoms with Crippen LogP contribution in [-0.2, 0) is 0 Å². The highest BCUT2D eigenvalue weighted by Gasteiger charge is 2.12. The molecule has 2 nitrogen and oxygen atoms in total. The van der Waals surface area contributed by atoms with Crippen molar-refractivity contribution in [2.75, 3.05) is 6.61 Å². The van der Waals surface area contributed by atoms with Gasteiger partial charge in [0.2, 0.25) is 5.78 Å². The Morgan fingerprint density at radius 3 is 2.55 bits per heavy atom. The lowest BCUT2D eigenvalue weighted by Gasteiger charge is -2.14. The molecule has 2 aromatic rings. The van der Waals surface area contributed by atoms with E-state index in [2.05, 4.69) is 26.0 Å². The first-order valence-electron chi connectivity index (χ1n) is 6.80. The molecule has 0 saturated heterocycles. The first-order chi connectivity index (χ1) is 9.47. The van der Waals surface area contributed by atoms with E-state index >= 15 is 0 Å². The van der Waals surface area contributed by atoms with Gasteiger partial charge in [0.25, 0.3) is 0 Å². The van der Waals surface area contributed by atoms with Crippen LogP contribution in [0.15, 0.2) is 30.3 Å². The van der Waals surface area contributed by atoms with Crippen LogP contribution in [-0.4, -0.2) is 12.4 Å². The van der Waals surface area contributed by atoms with Gasteiger partial charge in [0.05, 0.1) is 4.88 Å². The maximum atomic E-state index is 12.1. The van der Waals surface area contributed by atoms with E-state index in [9.17, 15) is 4.79 Å². The number of ketones is 1. The van der Waals surface area contributed by atoms with Crippen LogP contribution in [0.4, 0.5) is 0 Å². The lowest BCUT2D eigenvalue weighted by Crippen LogP contribution is -2.11. The van der Waals surface area contributed by atoms with Crippen LogP contribution in [0.25, 0.3) is 0 Å². The summed E-state index contributed by atoms with van der Waals surface area (Å²) in [5.74, 6) is 1.24. The fraction of sp³-hybridized carbons (Fsp3) is 0.353. The number of thiophene rings is 1. The summed E-state index contributed by atoms with van der Waals surface area (Å²) in [4.78, 5) is 14.0. The third-order valence-electron chi connectivity index (χ3n) is 3.17. The van der Waals surface area contributed by atoms with Gasteiger partial charge >= 0.3 is 0 Å². The molecular formula is C17H20O2S. The Morgan fingerprint density at radius 2 is 1.95 bits per heavy atom. The van der Waals surface area contributed by atoms with Crippen molar-refractivity contribution in [3.63, 3.8) is 0 Å². The van der Waals surface area contributed by atoms with Crippen molar-refractivity contribution in [3.05, 3.63) is 51.2 Å². The predicted octanol–water partition coefficient (Wildman–Crippen LogP) is 4.75. The molecule has 0 aliphatic carbocycles. The normalized spacial score (nSPS) is 10.8. The summed E-state index contributed by atoms with van der Waals surface area (Å²) in [6.07, 6.45) is 0. The van der Waals surface area contributed by atoms with E-state index in [4.69, 9.17) is 4.74 Å². The highest BCUT2D eigenvalue weighted by molar-refractivity contribution is 7.14. The van der Waals surface area contributed by atoms with Gasteiger partial charge in [-0.05, 0) is 49.1 Å². The monoisotopic (exact) mass is 288 g/mol. The predicted molar refractivity (Wildman–Crippen MR) is 84.1 cm³/mol. The third-order valence-corrected chi connectivity index (χ3v) is 4.21. The smallest absolute Gasteiger partial charge is 0.210 e. The number of hydrogen-bond donors (Lipinski definition) is 0. The molecule has 3 heteroatoms. The summed E-state index contributed by atoms with van der Waals surface area (Å²) in [5, 5.41) is 0. The largest absolute Gasteiger partial charge is 0.485 e. The molecule has 0 spiro atoms. The minimum atomic E-state index is 0.0410. The van der Waals surface area contributed by atoms with Gasteiger partial charge in [-0.1, -0.05) is 26.0 Å². The zero-order valence-electron chi connectivity index (χ0n) is 12.4. The molecule has 1 heterocycles. The Morgan fingerprint density at radius 1 is 1.20 bits per heavy atom. The van der Waals surface area contributed by atoms with Gasteiger partial charge in [-0.2, -0.15) is 0 Å². The Kier molecular flexibility index (Phi) is 4.61. The molecule has 0 aliphatic rings. The Hall–Kier alpha value is -1.61. The highest BCUT2D eigenvalue weighted by Crippen LogP contribution is 2.27. The van der Waals surface area contributed by atoms with Crippen LogP contribution in [0.3, 0.4) is 0 Å². The summed E-state index contributed by atoms with van der Waals surface area (Å²) in [5.41, 5.74) is 2.29. The summed E-state index contributed by atoms with van der Waals surface area (Å²) < 4.78 is 5.76. The summed E-state index contributed by atoms with van der Waals surface area (Å²) >= 11 is 1.52. The van der Waals surface area contributed by atoms with Gasteiger partial charge in [-0.3, -0.25) is 4.79 Å². The number of Topliss-reactive ketones (excluding diaryl/α,β-unsaturated/α-hetero) is 1. The van der Waals surface area contributed by atoms with Crippen LogP contribution in [0.5, 0.6) is 5.75 Å². The van der Waals surface area contributed by atoms with E-state index in [0.717, 1.165) is 26.6 Å². The van der Waals surface area contributed by atoms with Crippen LogP contribution in [0, 0.1) is 13.8 Å². The zero-order valence-corrected chi connectivity index (χ0v) is 13.2. The Labute approximate surface area is 124 Å². The van der Waals surface area contributed by atoms with Crippen molar-refractivity contribution in [2.24, 2.45) is 0 Å². The number of benzene rings is 1. The van der Waals surface area contributed by atoms with Gasteiger partial charge in [0.15, 0.2) is 6.61 Å². The molecule has 0 amide bonds. The second kappa shape index (κ2) is 6.23. The molecule has 20 heavy (non-hydrogen) atoms. The molecular weight excluding hydrogens is 268 g/mol. The Balaban J connectivity index is 2.10. The molecule has 0 N–H and O–H groups in total. The van der Waals surface area contributed by atoms with E-state index in [0.29, 0.717) is 5.92 Å². The second-order valence-electron chi connectivity index (χ2n) is 5.32. The maximum absolute atomic E-state index is 12.1. The number of rotatable bonds is 5. The lowest BCUT2D eigenvalue weighted by molar-refractivity contribution is 0.0924. The molecule has 0 saturated carbocycles. The number of hydrogen-bond acceptors (Lipinski definition) is 3. The number of carbonyl (C=O) groups is 1. The van der Waals surface area contributed by atoms with Crippen LogP contribution >= 0.6 is 11.3 Å². The minimum Gasteiger partial charge on any atom is -0.485 e.